The zero-order valence-electron chi connectivity index (χ0n) is 5.52. The van der Waals surface area contributed by atoms with E-state index in [9.17, 15) is 0 Å². The van der Waals surface area contributed by atoms with Crippen LogP contribution in [0.4, 0.5) is 5.82 Å². The van der Waals surface area contributed by atoms with E-state index in [1.807, 2.05) is 18.3 Å². The number of aromatic nitrogens is 1. The van der Waals surface area contributed by atoms with E-state index in [2.05, 4.69) is 11.9 Å². The summed E-state index contributed by atoms with van der Waals surface area (Å²) in [5.74, 6) is 0.731. The van der Waals surface area contributed by atoms with E-state index in [1.54, 1.807) is 0 Å². The van der Waals surface area contributed by atoms with Crippen LogP contribution in [0.3, 0.4) is 0 Å². The molecule has 1 aromatic heterocycles. The van der Waals surface area contributed by atoms with Gasteiger partial charge in [0.1, 0.15) is 0 Å². The molecule has 0 spiro atoms. The Morgan fingerprint density at radius 1 is 1.67 bits per heavy atom. The smallest absolute Gasteiger partial charge is 0.270 e. The highest BCUT2D eigenvalue weighted by Gasteiger charge is 1.92. The lowest BCUT2D eigenvalue weighted by molar-refractivity contribution is -0.360. The first kappa shape index (κ1) is 6.08. The number of hydrogen-bond donors (Lipinski definition) is 1. The number of H-pyrrole nitrogens is 1. The van der Waals surface area contributed by atoms with Crippen molar-refractivity contribution in [3.05, 3.63) is 23.9 Å². The van der Waals surface area contributed by atoms with Crippen LogP contribution in [-0.4, -0.2) is 0 Å². The van der Waals surface area contributed by atoms with Gasteiger partial charge in [0.05, 0.1) is 6.20 Å². The first-order valence-electron chi connectivity index (χ1n) is 3.09. The number of hydrogen-bond acceptors (Lipinski definition) is 1. The quantitative estimate of drug-likeness (QED) is 0.585. The molecular formula is C7H11N2+. The summed E-state index contributed by atoms with van der Waals surface area (Å²) in [6.45, 7) is 2.11. The predicted molar refractivity (Wildman–Crippen MR) is 36.8 cm³/mol. The number of anilines is 1. The van der Waals surface area contributed by atoms with Crippen molar-refractivity contribution < 1.29 is 4.98 Å². The highest BCUT2D eigenvalue weighted by atomic mass is 14.8. The van der Waals surface area contributed by atoms with Crippen molar-refractivity contribution in [3.63, 3.8) is 0 Å². The average Bonchev–Trinajstić information content (AvgIpc) is 1.88. The Morgan fingerprint density at radius 2 is 2.44 bits per heavy atom. The van der Waals surface area contributed by atoms with E-state index >= 15 is 0 Å². The molecule has 0 bridgehead atoms. The molecule has 2 heteroatoms. The summed E-state index contributed by atoms with van der Waals surface area (Å²) < 4.78 is 0. The molecule has 0 saturated heterocycles. The van der Waals surface area contributed by atoms with Crippen LogP contribution in [0.2, 0.25) is 0 Å². The maximum Gasteiger partial charge on any atom is 0.270 e. The zero-order valence-corrected chi connectivity index (χ0v) is 5.52. The van der Waals surface area contributed by atoms with Gasteiger partial charge in [-0.05, 0) is 18.1 Å². The minimum atomic E-state index is 0.731. The van der Waals surface area contributed by atoms with Gasteiger partial charge in [0, 0.05) is 6.07 Å². The first-order chi connectivity index (χ1) is 4.33. The van der Waals surface area contributed by atoms with Gasteiger partial charge in [-0.15, -0.1) is 0 Å². The zero-order chi connectivity index (χ0) is 6.69. The molecule has 48 valence electrons. The van der Waals surface area contributed by atoms with Crippen LogP contribution < -0.4 is 10.7 Å². The van der Waals surface area contributed by atoms with Gasteiger partial charge >= 0.3 is 0 Å². The Kier molecular flexibility index (Phi) is 1.68. The summed E-state index contributed by atoms with van der Waals surface area (Å²) in [5, 5.41) is 0. The van der Waals surface area contributed by atoms with Gasteiger partial charge in [-0.2, -0.15) is 0 Å². The molecule has 0 unspecified atom stereocenters. The molecule has 0 aliphatic carbocycles. The van der Waals surface area contributed by atoms with E-state index in [-0.39, 0.29) is 0 Å². The third-order valence-electron chi connectivity index (χ3n) is 1.30. The predicted octanol–water partition coefficient (Wildman–Crippen LogP) is 0.645. The molecule has 0 saturated carbocycles. The van der Waals surface area contributed by atoms with Crippen LogP contribution >= 0.6 is 0 Å². The molecule has 2 nitrogen and oxygen atoms in total. The van der Waals surface area contributed by atoms with Crippen molar-refractivity contribution in [2.45, 2.75) is 13.3 Å². The molecular weight excluding hydrogens is 112 g/mol. The van der Waals surface area contributed by atoms with Crippen LogP contribution in [0.15, 0.2) is 18.3 Å². The summed E-state index contributed by atoms with van der Waals surface area (Å²) >= 11 is 0. The molecule has 1 heterocycles. The van der Waals surface area contributed by atoms with E-state index < -0.39 is 0 Å². The molecule has 9 heavy (non-hydrogen) atoms. The first-order valence-corrected chi connectivity index (χ1v) is 3.09. The largest absolute Gasteiger partial charge is 0.287 e. The van der Waals surface area contributed by atoms with E-state index in [0.29, 0.717) is 0 Å². The van der Waals surface area contributed by atoms with Crippen molar-refractivity contribution in [2.75, 3.05) is 5.73 Å². The van der Waals surface area contributed by atoms with E-state index in [4.69, 9.17) is 5.73 Å². The summed E-state index contributed by atoms with van der Waals surface area (Å²) in [6.07, 6.45) is 2.90. The van der Waals surface area contributed by atoms with Gasteiger partial charge in [-0.25, -0.2) is 4.98 Å². The number of pyridine rings is 1. The number of nitrogens with one attached hydrogen (secondary N) is 1. The van der Waals surface area contributed by atoms with E-state index in [0.717, 1.165) is 12.2 Å². The molecule has 0 aliphatic heterocycles. The number of aryl methyl sites for hydroxylation is 1. The fourth-order valence-electron chi connectivity index (χ4n) is 0.754. The van der Waals surface area contributed by atoms with Gasteiger partial charge in [0.25, 0.3) is 5.82 Å². The fraction of sp³-hybridized carbons (Fsp3) is 0.286. The number of rotatable bonds is 1. The highest BCUT2D eigenvalue weighted by Crippen LogP contribution is 1.98. The van der Waals surface area contributed by atoms with E-state index in [1.165, 1.54) is 5.56 Å². The topological polar surface area (TPSA) is 40.2 Å². The normalized spacial score (nSPS) is 9.44. The minimum absolute atomic E-state index is 0.731. The summed E-state index contributed by atoms with van der Waals surface area (Å²) in [7, 11) is 0. The van der Waals surface area contributed by atoms with Gasteiger partial charge < -0.3 is 0 Å². The van der Waals surface area contributed by atoms with Crippen LogP contribution in [-0.2, 0) is 6.42 Å². The molecule has 0 aromatic carbocycles. The number of nitrogens with two attached hydrogens (primary N) is 1. The standard InChI is InChI=1S/C7H10N2/c1-2-6-3-4-9-7(8)5-6/h3-5H,2H2,1H3,(H2,8,9)/p+1. The summed E-state index contributed by atoms with van der Waals surface area (Å²) in [6, 6.07) is 3.97. The van der Waals surface area contributed by atoms with Crippen molar-refractivity contribution in [3.8, 4) is 0 Å². The fourth-order valence-corrected chi connectivity index (χ4v) is 0.754. The summed E-state index contributed by atoms with van der Waals surface area (Å²) in [4.78, 5) is 2.88. The second-order valence-corrected chi connectivity index (χ2v) is 2.01. The third kappa shape index (κ3) is 1.42. The van der Waals surface area contributed by atoms with Crippen LogP contribution in [0.5, 0.6) is 0 Å². The van der Waals surface area contributed by atoms with Crippen LogP contribution in [0.1, 0.15) is 12.5 Å². The van der Waals surface area contributed by atoms with Gasteiger partial charge in [-0.3, -0.25) is 5.73 Å². The molecule has 0 atom stereocenters. The van der Waals surface area contributed by atoms with Gasteiger partial charge in [0.2, 0.25) is 0 Å². The Hall–Kier alpha value is -1.05. The Bertz CT molecular complexity index is 196. The lowest BCUT2D eigenvalue weighted by Crippen LogP contribution is -2.08. The molecule has 1 aromatic rings. The lowest BCUT2D eigenvalue weighted by atomic mass is 10.2. The lowest BCUT2D eigenvalue weighted by Gasteiger charge is -1.90. The van der Waals surface area contributed by atoms with Crippen molar-refractivity contribution in [1.82, 2.24) is 0 Å². The molecule has 0 fully saturated rings. The molecule has 0 radical (unpaired) electrons. The Balaban J connectivity index is 2.94. The van der Waals surface area contributed by atoms with Gasteiger partial charge in [-0.1, -0.05) is 6.92 Å². The average molecular weight is 123 g/mol. The van der Waals surface area contributed by atoms with Crippen molar-refractivity contribution in [1.29, 1.82) is 0 Å². The third-order valence-corrected chi connectivity index (χ3v) is 1.30. The highest BCUT2D eigenvalue weighted by molar-refractivity contribution is 5.25. The maximum atomic E-state index is 5.48. The summed E-state index contributed by atoms with van der Waals surface area (Å²) in [5.41, 5.74) is 6.75. The second kappa shape index (κ2) is 2.49. The number of aromatic amines is 1. The molecule has 0 aliphatic rings. The SMILES string of the molecule is CCc1cc[nH+]c(N)c1. The van der Waals surface area contributed by atoms with Crippen molar-refractivity contribution >= 4 is 5.82 Å². The van der Waals surface area contributed by atoms with Gasteiger partial charge in [0.15, 0.2) is 0 Å². The molecule has 0 amide bonds. The number of nitrogen functional groups attached to an aromatic ring is 1. The van der Waals surface area contributed by atoms with Crippen LogP contribution in [0, 0.1) is 0 Å². The molecule has 1 rings (SSSR count). The Morgan fingerprint density at radius 3 is 2.89 bits per heavy atom. The maximum absolute atomic E-state index is 5.48. The monoisotopic (exact) mass is 123 g/mol. The second-order valence-electron chi connectivity index (χ2n) is 2.01. The minimum Gasteiger partial charge on any atom is -0.287 e. The van der Waals surface area contributed by atoms with Crippen molar-refractivity contribution in [2.24, 2.45) is 0 Å². The van der Waals surface area contributed by atoms with Crippen LogP contribution in [0.25, 0.3) is 0 Å². The Labute approximate surface area is 54.7 Å². The molecule has 3 N–H and O–H groups in total.